The minimum absolute atomic E-state index is 0.195. The first kappa shape index (κ1) is 13.2. The highest BCUT2D eigenvalue weighted by Crippen LogP contribution is 2.04. The largest absolute Gasteiger partial charge is 0.455 e. The Morgan fingerprint density at radius 1 is 1.18 bits per heavy atom. The molecule has 0 spiro atoms. The number of ether oxygens (including phenoxy) is 1. The molecule has 0 bridgehead atoms. The average Bonchev–Trinajstić information content (AvgIpc) is 2.29. The van der Waals surface area contributed by atoms with Gasteiger partial charge in [0.25, 0.3) is 5.91 Å². The Morgan fingerprint density at radius 2 is 1.76 bits per heavy atom. The van der Waals surface area contributed by atoms with E-state index in [0.717, 1.165) is 11.1 Å². The van der Waals surface area contributed by atoms with Crippen molar-refractivity contribution in [1.29, 1.82) is 0 Å². The van der Waals surface area contributed by atoms with Gasteiger partial charge in [-0.1, -0.05) is 29.8 Å². The summed E-state index contributed by atoms with van der Waals surface area (Å²) in [6.45, 7) is 1.79. The van der Waals surface area contributed by atoms with Gasteiger partial charge in [-0.3, -0.25) is 9.59 Å². The second-order valence-electron chi connectivity index (χ2n) is 4.11. The molecule has 0 aromatic heterocycles. The van der Waals surface area contributed by atoms with E-state index < -0.39 is 0 Å². The summed E-state index contributed by atoms with van der Waals surface area (Å²) in [5, 5.41) is 0. The number of esters is 1. The average molecular weight is 235 g/mol. The van der Waals surface area contributed by atoms with Crippen LogP contribution in [0.4, 0.5) is 0 Å². The maximum absolute atomic E-state index is 11.4. The Kier molecular flexibility index (Phi) is 4.69. The van der Waals surface area contributed by atoms with E-state index >= 15 is 0 Å². The molecule has 0 radical (unpaired) electrons. The molecule has 0 fully saturated rings. The van der Waals surface area contributed by atoms with Crippen LogP contribution in [0.1, 0.15) is 11.1 Å². The fraction of sp³-hybridized carbons (Fsp3) is 0.385. The molecule has 4 nitrogen and oxygen atoms in total. The maximum Gasteiger partial charge on any atom is 0.310 e. The first-order chi connectivity index (χ1) is 7.99. The summed E-state index contributed by atoms with van der Waals surface area (Å²) in [6.07, 6.45) is 0.195. The molecule has 17 heavy (non-hydrogen) atoms. The van der Waals surface area contributed by atoms with Gasteiger partial charge in [0.15, 0.2) is 6.61 Å². The maximum atomic E-state index is 11.4. The van der Waals surface area contributed by atoms with Gasteiger partial charge in [0.1, 0.15) is 0 Å². The number of likely N-dealkylation sites (N-methyl/N-ethyl adjacent to an activating group) is 1. The predicted octanol–water partition coefficient (Wildman–Crippen LogP) is 1.17. The standard InChI is InChI=1S/C13H17NO3/c1-10-4-6-11(7-5-10)8-13(16)17-9-12(15)14(2)3/h4-7H,8-9H2,1-3H3. The number of nitrogens with zero attached hydrogens (tertiary/aromatic N) is 1. The summed E-state index contributed by atoms with van der Waals surface area (Å²) in [7, 11) is 3.24. The first-order valence-electron chi connectivity index (χ1n) is 5.40. The van der Waals surface area contributed by atoms with Gasteiger partial charge in [-0.25, -0.2) is 0 Å². The molecule has 0 unspecified atom stereocenters. The van der Waals surface area contributed by atoms with E-state index in [0.29, 0.717) is 0 Å². The zero-order valence-electron chi connectivity index (χ0n) is 10.4. The third-order valence-electron chi connectivity index (χ3n) is 2.32. The number of carbonyl (C=O) groups excluding carboxylic acids is 2. The lowest BCUT2D eigenvalue weighted by molar-refractivity contribution is -0.150. The Labute approximate surface area is 101 Å². The molecule has 92 valence electrons. The molecule has 1 aromatic carbocycles. The highest BCUT2D eigenvalue weighted by molar-refractivity contribution is 5.80. The van der Waals surface area contributed by atoms with E-state index in [1.54, 1.807) is 14.1 Å². The Hall–Kier alpha value is -1.84. The number of rotatable bonds is 4. The molecule has 0 aliphatic carbocycles. The topological polar surface area (TPSA) is 46.6 Å². The van der Waals surface area contributed by atoms with Crippen LogP contribution in [0.2, 0.25) is 0 Å². The number of benzene rings is 1. The number of aryl methyl sites for hydroxylation is 1. The molecule has 0 saturated carbocycles. The third kappa shape index (κ3) is 4.68. The van der Waals surface area contributed by atoms with Crippen molar-refractivity contribution >= 4 is 11.9 Å². The summed E-state index contributed by atoms with van der Waals surface area (Å²) in [5.41, 5.74) is 2.03. The van der Waals surface area contributed by atoms with Gasteiger partial charge in [0.2, 0.25) is 0 Å². The quantitative estimate of drug-likeness (QED) is 0.736. The summed E-state index contributed by atoms with van der Waals surface area (Å²) >= 11 is 0. The zero-order chi connectivity index (χ0) is 12.8. The van der Waals surface area contributed by atoms with Crippen LogP contribution in [0.5, 0.6) is 0 Å². The summed E-state index contributed by atoms with van der Waals surface area (Å²) in [4.78, 5) is 24.0. The number of amides is 1. The van der Waals surface area contributed by atoms with Crippen molar-refractivity contribution in [3.63, 3.8) is 0 Å². The minimum Gasteiger partial charge on any atom is -0.455 e. The van der Waals surface area contributed by atoms with Crippen LogP contribution in [0.25, 0.3) is 0 Å². The second-order valence-corrected chi connectivity index (χ2v) is 4.11. The molecule has 0 saturated heterocycles. The summed E-state index contributed by atoms with van der Waals surface area (Å²) in [5.74, 6) is -0.605. The molecule has 4 heteroatoms. The fourth-order valence-electron chi connectivity index (χ4n) is 1.19. The van der Waals surface area contributed by atoms with Crippen molar-refractivity contribution in [1.82, 2.24) is 4.90 Å². The van der Waals surface area contributed by atoms with Gasteiger partial charge in [-0.05, 0) is 12.5 Å². The minimum atomic E-state index is -0.385. The SMILES string of the molecule is Cc1ccc(CC(=O)OCC(=O)N(C)C)cc1. The van der Waals surface area contributed by atoms with Crippen molar-refractivity contribution in [2.75, 3.05) is 20.7 Å². The lowest BCUT2D eigenvalue weighted by atomic mass is 10.1. The molecule has 0 N–H and O–H groups in total. The highest BCUT2D eigenvalue weighted by Gasteiger charge is 2.09. The summed E-state index contributed by atoms with van der Waals surface area (Å²) in [6, 6.07) is 7.63. The molecule has 1 amide bonds. The zero-order valence-corrected chi connectivity index (χ0v) is 10.4. The third-order valence-corrected chi connectivity index (χ3v) is 2.32. The monoisotopic (exact) mass is 235 g/mol. The van der Waals surface area contributed by atoms with Crippen LogP contribution in [-0.2, 0) is 20.7 Å². The molecule has 1 rings (SSSR count). The molecular formula is C13H17NO3. The molecule has 0 atom stereocenters. The van der Waals surface area contributed by atoms with E-state index in [1.165, 1.54) is 4.90 Å². The first-order valence-corrected chi connectivity index (χ1v) is 5.40. The van der Waals surface area contributed by atoms with Crippen LogP contribution in [0, 0.1) is 6.92 Å². The van der Waals surface area contributed by atoms with E-state index in [1.807, 2.05) is 31.2 Å². The highest BCUT2D eigenvalue weighted by atomic mass is 16.5. The fourth-order valence-corrected chi connectivity index (χ4v) is 1.19. The Balaban J connectivity index is 2.40. The van der Waals surface area contributed by atoms with Crippen molar-refractivity contribution in [3.05, 3.63) is 35.4 Å². The molecule has 0 aliphatic heterocycles. The lowest BCUT2D eigenvalue weighted by Crippen LogP contribution is -2.27. The van der Waals surface area contributed by atoms with Crippen LogP contribution >= 0.6 is 0 Å². The van der Waals surface area contributed by atoms with Crippen LogP contribution in [0.15, 0.2) is 24.3 Å². The smallest absolute Gasteiger partial charge is 0.310 e. The number of hydrogen-bond donors (Lipinski definition) is 0. The van der Waals surface area contributed by atoms with Crippen molar-refractivity contribution in [2.24, 2.45) is 0 Å². The molecule has 0 aliphatic rings. The van der Waals surface area contributed by atoms with E-state index in [-0.39, 0.29) is 24.9 Å². The molecule has 1 aromatic rings. The van der Waals surface area contributed by atoms with Gasteiger partial charge in [0, 0.05) is 14.1 Å². The second kappa shape index (κ2) is 6.03. The van der Waals surface area contributed by atoms with Gasteiger partial charge in [-0.2, -0.15) is 0 Å². The number of hydrogen-bond acceptors (Lipinski definition) is 3. The molecular weight excluding hydrogens is 218 g/mol. The summed E-state index contributed by atoms with van der Waals surface area (Å²) < 4.78 is 4.87. The van der Waals surface area contributed by atoms with Gasteiger partial charge < -0.3 is 9.64 Å². The van der Waals surface area contributed by atoms with Crippen LogP contribution in [-0.4, -0.2) is 37.5 Å². The van der Waals surface area contributed by atoms with Crippen LogP contribution in [0.3, 0.4) is 0 Å². The Bertz CT molecular complexity index is 396. The van der Waals surface area contributed by atoms with E-state index in [4.69, 9.17) is 4.74 Å². The molecule has 0 heterocycles. The van der Waals surface area contributed by atoms with E-state index in [2.05, 4.69) is 0 Å². The number of carbonyl (C=O) groups is 2. The van der Waals surface area contributed by atoms with Crippen LogP contribution < -0.4 is 0 Å². The lowest BCUT2D eigenvalue weighted by Gasteiger charge is -2.10. The Morgan fingerprint density at radius 3 is 2.29 bits per heavy atom. The van der Waals surface area contributed by atoms with Crippen molar-refractivity contribution in [2.45, 2.75) is 13.3 Å². The van der Waals surface area contributed by atoms with Crippen molar-refractivity contribution in [3.8, 4) is 0 Å². The predicted molar refractivity (Wildman–Crippen MR) is 64.5 cm³/mol. The van der Waals surface area contributed by atoms with E-state index in [9.17, 15) is 9.59 Å². The van der Waals surface area contributed by atoms with Gasteiger partial charge >= 0.3 is 5.97 Å². The normalized spacial score (nSPS) is 9.82. The van der Waals surface area contributed by atoms with Gasteiger partial charge in [-0.15, -0.1) is 0 Å². The van der Waals surface area contributed by atoms with Crippen molar-refractivity contribution < 1.29 is 14.3 Å². The van der Waals surface area contributed by atoms with Gasteiger partial charge in [0.05, 0.1) is 6.42 Å².